The van der Waals surface area contributed by atoms with Crippen LogP contribution in [0.15, 0.2) is 55.6 Å². The van der Waals surface area contributed by atoms with Crippen LogP contribution < -0.4 is 0 Å². The average Bonchev–Trinajstić information content (AvgIpc) is 2.65. The highest BCUT2D eigenvalue weighted by Crippen LogP contribution is 2.27. The second-order valence-corrected chi connectivity index (χ2v) is 6.81. The molecule has 1 aromatic carbocycles. The summed E-state index contributed by atoms with van der Waals surface area (Å²) in [5, 5.41) is 0. The van der Waals surface area contributed by atoms with Crippen molar-refractivity contribution in [2.45, 2.75) is 45.8 Å². The first-order valence-electron chi connectivity index (χ1n) is 9.07. The van der Waals surface area contributed by atoms with Crippen molar-refractivity contribution in [3.63, 3.8) is 0 Å². The van der Waals surface area contributed by atoms with Gasteiger partial charge in [-0.15, -0.1) is 13.2 Å². The van der Waals surface area contributed by atoms with Crippen LogP contribution in [-0.4, -0.2) is 29.9 Å². The molecule has 0 aliphatic carbocycles. The Balaban J connectivity index is 3.04. The highest BCUT2D eigenvalue weighted by Gasteiger charge is 2.31. The molecule has 0 heterocycles. The molecule has 0 N–H and O–H groups in total. The van der Waals surface area contributed by atoms with Gasteiger partial charge in [0.05, 0.1) is 12.0 Å². The number of benzene rings is 1. The van der Waals surface area contributed by atoms with Gasteiger partial charge in [0, 0.05) is 13.0 Å². The van der Waals surface area contributed by atoms with Crippen LogP contribution in [0.3, 0.4) is 0 Å². The van der Waals surface area contributed by atoms with Gasteiger partial charge in [0.2, 0.25) is 5.91 Å². The van der Waals surface area contributed by atoms with Gasteiger partial charge in [-0.3, -0.25) is 9.59 Å². The van der Waals surface area contributed by atoms with E-state index in [4.69, 9.17) is 4.74 Å². The second kappa shape index (κ2) is 10.6. The molecule has 0 spiro atoms. The van der Waals surface area contributed by atoms with E-state index in [9.17, 15) is 9.59 Å². The third-order valence-electron chi connectivity index (χ3n) is 4.63. The Bertz CT molecular complexity index is 611. The van der Waals surface area contributed by atoms with Crippen LogP contribution in [0.25, 0.3) is 0 Å². The topological polar surface area (TPSA) is 46.6 Å². The van der Waals surface area contributed by atoms with Crippen molar-refractivity contribution in [1.82, 2.24) is 4.90 Å². The SMILES string of the molecule is C=CC[C@@H](C)C(=O)OC(c1ccccc1)[C@@H](C)N(C)C(=O)[C@H](C)CC=C. The van der Waals surface area contributed by atoms with Crippen molar-refractivity contribution >= 4 is 11.9 Å². The summed E-state index contributed by atoms with van der Waals surface area (Å²) in [7, 11) is 1.75. The summed E-state index contributed by atoms with van der Waals surface area (Å²) in [6.45, 7) is 13.0. The third-order valence-corrected chi connectivity index (χ3v) is 4.63. The van der Waals surface area contributed by atoms with Crippen molar-refractivity contribution in [3.8, 4) is 0 Å². The summed E-state index contributed by atoms with van der Waals surface area (Å²) in [6.07, 6.45) is 4.09. The monoisotopic (exact) mass is 357 g/mol. The summed E-state index contributed by atoms with van der Waals surface area (Å²) < 4.78 is 5.82. The molecule has 142 valence electrons. The van der Waals surface area contributed by atoms with Crippen molar-refractivity contribution in [1.29, 1.82) is 0 Å². The number of carbonyl (C=O) groups is 2. The number of ether oxygens (including phenoxy) is 1. The van der Waals surface area contributed by atoms with Crippen LogP contribution in [0.4, 0.5) is 0 Å². The third kappa shape index (κ3) is 5.87. The molecule has 0 saturated heterocycles. The molecular weight excluding hydrogens is 326 g/mol. The first kappa shape index (κ1) is 21.7. The number of esters is 1. The molecule has 1 aromatic rings. The van der Waals surface area contributed by atoms with Gasteiger partial charge >= 0.3 is 5.97 Å². The highest BCUT2D eigenvalue weighted by molar-refractivity contribution is 5.79. The van der Waals surface area contributed by atoms with Crippen LogP contribution in [0.5, 0.6) is 0 Å². The molecule has 0 aromatic heterocycles. The van der Waals surface area contributed by atoms with Gasteiger partial charge in [-0.1, -0.05) is 56.3 Å². The number of carbonyl (C=O) groups excluding carboxylic acids is 2. The second-order valence-electron chi connectivity index (χ2n) is 6.81. The Kier molecular flexibility index (Phi) is 8.83. The number of rotatable bonds is 10. The van der Waals surface area contributed by atoms with Gasteiger partial charge in [0.25, 0.3) is 0 Å². The predicted octanol–water partition coefficient (Wildman–Crippen LogP) is 4.54. The predicted molar refractivity (Wildman–Crippen MR) is 105 cm³/mol. The Morgan fingerprint density at radius 1 is 1.04 bits per heavy atom. The van der Waals surface area contributed by atoms with Gasteiger partial charge in [-0.2, -0.15) is 0 Å². The lowest BCUT2D eigenvalue weighted by molar-refractivity contribution is -0.159. The van der Waals surface area contributed by atoms with E-state index in [0.717, 1.165) is 5.56 Å². The fourth-order valence-electron chi connectivity index (χ4n) is 2.78. The standard InChI is InChI=1S/C22H31NO3/c1-7-12-16(3)21(24)23(6)18(5)20(19-14-10-9-11-15-19)26-22(25)17(4)13-8-2/h7-11,14-18,20H,1-2,12-13H2,3-6H3/t16-,17-,18-,20?/m1/s1. The fraction of sp³-hybridized carbons (Fsp3) is 0.455. The van der Waals surface area contributed by atoms with E-state index in [2.05, 4.69) is 13.2 Å². The summed E-state index contributed by atoms with van der Waals surface area (Å²) in [6, 6.07) is 9.25. The maximum absolute atomic E-state index is 12.7. The zero-order valence-electron chi connectivity index (χ0n) is 16.4. The fourth-order valence-corrected chi connectivity index (χ4v) is 2.78. The molecule has 0 bridgehead atoms. The minimum atomic E-state index is -0.527. The average molecular weight is 357 g/mol. The zero-order chi connectivity index (χ0) is 19.7. The van der Waals surface area contributed by atoms with E-state index in [1.54, 1.807) is 24.1 Å². The summed E-state index contributed by atoms with van der Waals surface area (Å²) in [4.78, 5) is 26.8. The first-order valence-corrected chi connectivity index (χ1v) is 9.07. The molecule has 26 heavy (non-hydrogen) atoms. The largest absolute Gasteiger partial charge is 0.455 e. The molecule has 4 atom stereocenters. The number of hydrogen-bond donors (Lipinski definition) is 0. The van der Waals surface area contributed by atoms with E-state index in [1.807, 2.05) is 51.1 Å². The highest BCUT2D eigenvalue weighted by atomic mass is 16.5. The Morgan fingerprint density at radius 2 is 1.58 bits per heavy atom. The van der Waals surface area contributed by atoms with Crippen LogP contribution >= 0.6 is 0 Å². The van der Waals surface area contributed by atoms with Crippen molar-refractivity contribution in [3.05, 3.63) is 61.2 Å². The van der Waals surface area contributed by atoms with E-state index < -0.39 is 6.10 Å². The quantitative estimate of drug-likeness (QED) is 0.456. The molecule has 4 heteroatoms. The Hall–Kier alpha value is -2.36. The van der Waals surface area contributed by atoms with Gasteiger partial charge in [0.15, 0.2) is 0 Å². The Morgan fingerprint density at radius 3 is 2.12 bits per heavy atom. The minimum Gasteiger partial charge on any atom is -0.455 e. The molecule has 0 aliphatic heterocycles. The van der Waals surface area contributed by atoms with Crippen LogP contribution in [0, 0.1) is 11.8 Å². The molecule has 4 nitrogen and oxygen atoms in total. The summed E-state index contributed by atoms with van der Waals surface area (Å²) in [5.74, 6) is -0.711. The molecule has 1 unspecified atom stereocenters. The maximum Gasteiger partial charge on any atom is 0.309 e. The first-order chi connectivity index (χ1) is 12.3. The van der Waals surface area contributed by atoms with Crippen molar-refractivity contribution in [2.75, 3.05) is 7.05 Å². The van der Waals surface area contributed by atoms with Crippen LogP contribution in [0.2, 0.25) is 0 Å². The van der Waals surface area contributed by atoms with E-state index >= 15 is 0 Å². The van der Waals surface area contributed by atoms with Gasteiger partial charge in [0.1, 0.15) is 6.10 Å². The number of allylic oxidation sites excluding steroid dienone is 2. The molecule has 0 saturated carbocycles. The molecule has 0 fully saturated rings. The smallest absolute Gasteiger partial charge is 0.309 e. The van der Waals surface area contributed by atoms with E-state index in [-0.39, 0.29) is 29.8 Å². The van der Waals surface area contributed by atoms with Crippen LogP contribution in [-0.2, 0) is 14.3 Å². The number of hydrogen-bond acceptors (Lipinski definition) is 3. The van der Waals surface area contributed by atoms with Crippen molar-refractivity contribution in [2.24, 2.45) is 11.8 Å². The molecule has 0 radical (unpaired) electrons. The number of likely N-dealkylation sites (N-methyl/N-ethyl adjacent to an activating group) is 1. The summed E-state index contributed by atoms with van der Waals surface area (Å²) in [5.41, 5.74) is 0.871. The summed E-state index contributed by atoms with van der Waals surface area (Å²) >= 11 is 0. The molecule has 0 aliphatic rings. The number of amides is 1. The van der Waals surface area contributed by atoms with E-state index in [0.29, 0.717) is 12.8 Å². The Labute approximate surface area is 157 Å². The van der Waals surface area contributed by atoms with Gasteiger partial charge in [-0.05, 0) is 25.3 Å². The minimum absolute atomic E-state index is 0.00789. The lowest BCUT2D eigenvalue weighted by atomic mass is 9.99. The normalized spacial score (nSPS) is 15.2. The van der Waals surface area contributed by atoms with Gasteiger partial charge < -0.3 is 9.64 Å². The molecule has 1 rings (SSSR count). The molecule has 1 amide bonds. The van der Waals surface area contributed by atoms with Crippen molar-refractivity contribution < 1.29 is 14.3 Å². The van der Waals surface area contributed by atoms with E-state index in [1.165, 1.54) is 0 Å². The van der Waals surface area contributed by atoms with Crippen LogP contribution in [0.1, 0.15) is 45.3 Å². The lowest BCUT2D eigenvalue weighted by Crippen LogP contribution is -2.43. The maximum atomic E-state index is 12.7. The number of nitrogens with zero attached hydrogens (tertiary/aromatic N) is 1. The van der Waals surface area contributed by atoms with Gasteiger partial charge in [-0.25, -0.2) is 0 Å². The lowest BCUT2D eigenvalue weighted by Gasteiger charge is -2.34. The zero-order valence-corrected chi connectivity index (χ0v) is 16.4. The molecular formula is C22H31NO3.